The van der Waals surface area contributed by atoms with Crippen molar-refractivity contribution in [1.82, 2.24) is 4.98 Å². The lowest BCUT2D eigenvalue weighted by Crippen LogP contribution is -2.34. The zero-order valence-corrected chi connectivity index (χ0v) is 9.19. The van der Waals surface area contributed by atoms with Gasteiger partial charge in [-0.3, -0.25) is 4.98 Å². The Morgan fingerprint density at radius 3 is 2.80 bits per heavy atom. The molecule has 1 aromatic heterocycles. The van der Waals surface area contributed by atoms with Crippen LogP contribution in [0.4, 0.5) is 5.69 Å². The predicted molar refractivity (Wildman–Crippen MR) is 61.0 cm³/mol. The molecule has 3 nitrogen and oxygen atoms in total. The van der Waals surface area contributed by atoms with Gasteiger partial charge in [-0.05, 0) is 37.8 Å². The fourth-order valence-electron chi connectivity index (χ4n) is 2.10. The second-order valence-corrected chi connectivity index (χ2v) is 4.27. The van der Waals surface area contributed by atoms with Gasteiger partial charge in [-0.2, -0.15) is 0 Å². The molecule has 0 unspecified atom stereocenters. The van der Waals surface area contributed by atoms with Crippen molar-refractivity contribution in [3.8, 4) is 0 Å². The molecule has 1 N–H and O–H groups in total. The van der Waals surface area contributed by atoms with Crippen LogP contribution in [0.1, 0.15) is 18.5 Å². The summed E-state index contributed by atoms with van der Waals surface area (Å²) < 4.78 is 0. The Morgan fingerprint density at radius 2 is 2.20 bits per heavy atom. The Bertz CT molecular complexity index is 319. The number of anilines is 1. The number of piperidine rings is 1. The smallest absolute Gasteiger partial charge is 0.0460 e. The number of aliphatic hydroxyl groups excluding tert-OH is 1. The Morgan fingerprint density at radius 1 is 1.47 bits per heavy atom. The summed E-state index contributed by atoms with van der Waals surface area (Å²) in [5, 5.41) is 9.06. The van der Waals surface area contributed by atoms with Crippen molar-refractivity contribution in [3.05, 3.63) is 24.0 Å². The van der Waals surface area contributed by atoms with E-state index >= 15 is 0 Å². The van der Waals surface area contributed by atoms with Gasteiger partial charge in [0, 0.05) is 37.3 Å². The van der Waals surface area contributed by atoms with E-state index in [1.54, 1.807) is 0 Å². The highest BCUT2D eigenvalue weighted by Crippen LogP contribution is 2.22. The third-order valence-electron chi connectivity index (χ3n) is 3.12. The van der Waals surface area contributed by atoms with Crippen molar-refractivity contribution in [2.24, 2.45) is 5.92 Å². The first-order chi connectivity index (χ1) is 7.29. The van der Waals surface area contributed by atoms with Crippen LogP contribution in [0.2, 0.25) is 0 Å². The Balaban J connectivity index is 2.01. The van der Waals surface area contributed by atoms with Crippen molar-refractivity contribution in [2.75, 3.05) is 24.6 Å². The van der Waals surface area contributed by atoms with E-state index in [4.69, 9.17) is 5.11 Å². The lowest BCUT2D eigenvalue weighted by atomic mass is 9.97. The average Bonchev–Trinajstić information content (AvgIpc) is 2.29. The van der Waals surface area contributed by atoms with Crippen LogP contribution in [0.15, 0.2) is 18.3 Å². The topological polar surface area (TPSA) is 36.4 Å². The number of rotatable bonds is 2. The molecule has 1 aliphatic rings. The molecule has 1 fully saturated rings. The van der Waals surface area contributed by atoms with Crippen LogP contribution < -0.4 is 4.90 Å². The molecule has 0 atom stereocenters. The van der Waals surface area contributed by atoms with Crippen LogP contribution in [-0.4, -0.2) is 29.8 Å². The highest BCUT2D eigenvalue weighted by Gasteiger charge is 2.18. The summed E-state index contributed by atoms with van der Waals surface area (Å²) in [6.07, 6.45) is 4.05. The quantitative estimate of drug-likeness (QED) is 0.798. The van der Waals surface area contributed by atoms with Crippen LogP contribution in [0.3, 0.4) is 0 Å². The van der Waals surface area contributed by atoms with Crippen molar-refractivity contribution in [2.45, 2.75) is 19.8 Å². The molecule has 15 heavy (non-hydrogen) atoms. The van der Waals surface area contributed by atoms with E-state index < -0.39 is 0 Å². The van der Waals surface area contributed by atoms with Crippen LogP contribution in [-0.2, 0) is 0 Å². The predicted octanol–water partition coefficient (Wildman–Crippen LogP) is 1.60. The minimum absolute atomic E-state index is 0.337. The summed E-state index contributed by atoms with van der Waals surface area (Å²) in [4.78, 5) is 6.57. The first kappa shape index (κ1) is 10.4. The number of aryl methyl sites for hydroxylation is 1. The van der Waals surface area contributed by atoms with Crippen LogP contribution >= 0.6 is 0 Å². The summed E-state index contributed by atoms with van der Waals surface area (Å²) in [5.41, 5.74) is 2.33. The maximum Gasteiger partial charge on any atom is 0.0460 e. The van der Waals surface area contributed by atoms with Gasteiger partial charge in [0.15, 0.2) is 0 Å². The van der Waals surface area contributed by atoms with E-state index in [9.17, 15) is 0 Å². The van der Waals surface area contributed by atoms with Gasteiger partial charge >= 0.3 is 0 Å². The first-order valence-electron chi connectivity index (χ1n) is 5.58. The molecule has 0 bridgehead atoms. The normalized spacial score (nSPS) is 18.1. The molecule has 0 saturated carbocycles. The van der Waals surface area contributed by atoms with Gasteiger partial charge in [0.2, 0.25) is 0 Å². The molecule has 0 amide bonds. The number of nitrogens with zero attached hydrogens (tertiary/aromatic N) is 2. The average molecular weight is 206 g/mol. The maximum atomic E-state index is 9.06. The van der Waals surface area contributed by atoms with E-state index in [2.05, 4.69) is 22.0 Å². The van der Waals surface area contributed by atoms with Crippen molar-refractivity contribution in [3.63, 3.8) is 0 Å². The van der Waals surface area contributed by atoms with Gasteiger partial charge in [-0.25, -0.2) is 0 Å². The zero-order valence-electron chi connectivity index (χ0n) is 9.19. The van der Waals surface area contributed by atoms with E-state index in [-0.39, 0.29) is 0 Å². The first-order valence-corrected chi connectivity index (χ1v) is 5.58. The highest BCUT2D eigenvalue weighted by molar-refractivity contribution is 5.46. The van der Waals surface area contributed by atoms with Gasteiger partial charge in [-0.1, -0.05) is 0 Å². The van der Waals surface area contributed by atoms with Gasteiger partial charge < -0.3 is 10.0 Å². The minimum atomic E-state index is 0.337. The molecule has 3 heteroatoms. The summed E-state index contributed by atoms with van der Waals surface area (Å²) in [6.45, 7) is 4.45. The summed E-state index contributed by atoms with van der Waals surface area (Å²) in [5.74, 6) is 0.504. The summed E-state index contributed by atoms with van der Waals surface area (Å²) in [7, 11) is 0. The molecule has 2 rings (SSSR count). The SMILES string of the molecule is Cc1cc(N2CCC(CO)CC2)ccn1. The van der Waals surface area contributed by atoms with E-state index in [0.29, 0.717) is 12.5 Å². The highest BCUT2D eigenvalue weighted by atomic mass is 16.3. The Labute approximate surface area is 90.8 Å². The van der Waals surface area contributed by atoms with Crippen molar-refractivity contribution < 1.29 is 5.11 Å². The number of aliphatic hydroxyl groups is 1. The summed E-state index contributed by atoms with van der Waals surface area (Å²) in [6, 6.07) is 4.19. The molecule has 1 saturated heterocycles. The van der Waals surface area contributed by atoms with Crippen LogP contribution in [0.5, 0.6) is 0 Å². The van der Waals surface area contributed by atoms with Gasteiger partial charge in [0.1, 0.15) is 0 Å². The fourth-order valence-corrected chi connectivity index (χ4v) is 2.10. The number of aromatic nitrogens is 1. The van der Waals surface area contributed by atoms with E-state index in [0.717, 1.165) is 31.6 Å². The fraction of sp³-hybridized carbons (Fsp3) is 0.583. The molecule has 1 aliphatic heterocycles. The third-order valence-corrected chi connectivity index (χ3v) is 3.12. The molecular formula is C12H18N2O. The molecule has 1 aromatic rings. The number of hydrogen-bond acceptors (Lipinski definition) is 3. The van der Waals surface area contributed by atoms with Gasteiger partial charge in [-0.15, -0.1) is 0 Å². The molecule has 0 aliphatic carbocycles. The second kappa shape index (κ2) is 4.62. The lowest BCUT2D eigenvalue weighted by molar-refractivity contribution is 0.203. The monoisotopic (exact) mass is 206 g/mol. The van der Waals surface area contributed by atoms with Crippen molar-refractivity contribution in [1.29, 1.82) is 0 Å². The van der Waals surface area contributed by atoms with Gasteiger partial charge in [0.05, 0.1) is 0 Å². The van der Waals surface area contributed by atoms with Gasteiger partial charge in [0.25, 0.3) is 0 Å². The number of hydrogen-bond donors (Lipinski definition) is 1. The lowest BCUT2D eigenvalue weighted by Gasteiger charge is -2.32. The third kappa shape index (κ3) is 2.48. The van der Waals surface area contributed by atoms with E-state index in [1.807, 2.05) is 13.1 Å². The molecular weight excluding hydrogens is 188 g/mol. The Kier molecular flexibility index (Phi) is 3.21. The minimum Gasteiger partial charge on any atom is -0.396 e. The molecule has 0 spiro atoms. The molecule has 0 radical (unpaired) electrons. The standard InChI is InChI=1S/C12H18N2O/c1-10-8-12(2-5-13-10)14-6-3-11(9-15)4-7-14/h2,5,8,11,15H,3-4,6-7,9H2,1H3. The van der Waals surface area contributed by atoms with Crippen LogP contribution in [0.25, 0.3) is 0 Å². The maximum absolute atomic E-state index is 9.06. The molecule has 0 aromatic carbocycles. The largest absolute Gasteiger partial charge is 0.396 e. The molecule has 2 heterocycles. The summed E-state index contributed by atoms with van der Waals surface area (Å²) >= 11 is 0. The van der Waals surface area contributed by atoms with Crippen LogP contribution in [0, 0.1) is 12.8 Å². The van der Waals surface area contributed by atoms with Crippen molar-refractivity contribution >= 4 is 5.69 Å². The number of pyridine rings is 1. The zero-order chi connectivity index (χ0) is 10.7. The second-order valence-electron chi connectivity index (χ2n) is 4.27. The van der Waals surface area contributed by atoms with E-state index in [1.165, 1.54) is 5.69 Å². The molecule has 82 valence electrons. The Hall–Kier alpha value is -1.09.